The number of amides is 1. The standard InChI is InChI=1S/C15H20ClNO/c1-11-6-8-12(9-7-11)15(18)17-14-5-3-2-4-13(14)10-16/h2-5,11-12H,6-10H2,1H3,(H,17,18). The number of rotatable bonds is 3. The summed E-state index contributed by atoms with van der Waals surface area (Å²) < 4.78 is 0. The van der Waals surface area contributed by atoms with Crippen molar-refractivity contribution in [1.82, 2.24) is 0 Å². The lowest BCUT2D eigenvalue weighted by Crippen LogP contribution is -2.26. The van der Waals surface area contributed by atoms with Crippen LogP contribution in [0.15, 0.2) is 24.3 Å². The second-order valence-electron chi connectivity index (χ2n) is 5.24. The number of carbonyl (C=O) groups excluding carboxylic acids is 1. The molecule has 0 heterocycles. The molecule has 1 aliphatic carbocycles. The Morgan fingerprint density at radius 1 is 1.28 bits per heavy atom. The Hall–Kier alpha value is -1.02. The number of nitrogens with one attached hydrogen (secondary N) is 1. The Bertz CT molecular complexity index is 411. The third-order valence-electron chi connectivity index (χ3n) is 3.81. The highest BCUT2D eigenvalue weighted by Crippen LogP contribution is 2.29. The van der Waals surface area contributed by atoms with Gasteiger partial charge in [0, 0.05) is 17.5 Å². The maximum atomic E-state index is 12.2. The van der Waals surface area contributed by atoms with Crippen LogP contribution in [0.1, 0.15) is 38.2 Å². The molecule has 2 nitrogen and oxygen atoms in total. The fourth-order valence-corrected chi connectivity index (χ4v) is 2.75. The van der Waals surface area contributed by atoms with E-state index >= 15 is 0 Å². The summed E-state index contributed by atoms with van der Waals surface area (Å²) >= 11 is 5.87. The van der Waals surface area contributed by atoms with E-state index in [1.807, 2.05) is 24.3 Å². The van der Waals surface area contributed by atoms with Crippen LogP contribution in [0.4, 0.5) is 5.69 Å². The van der Waals surface area contributed by atoms with Gasteiger partial charge in [-0.2, -0.15) is 0 Å². The molecular weight excluding hydrogens is 246 g/mol. The highest BCUT2D eigenvalue weighted by Gasteiger charge is 2.24. The fraction of sp³-hybridized carbons (Fsp3) is 0.533. The van der Waals surface area contributed by atoms with E-state index in [2.05, 4.69) is 12.2 Å². The molecule has 1 amide bonds. The Morgan fingerprint density at radius 2 is 1.94 bits per heavy atom. The second-order valence-corrected chi connectivity index (χ2v) is 5.50. The molecule has 3 heteroatoms. The summed E-state index contributed by atoms with van der Waals surface area (Å²) in [5, 5.41) is 3.02. The van der Waals surface area contributed by atoms with Crippen LogP contribution in [0.5, 0.6) is 0 Å². The number of carbonyl (C=O) groups is 1. The first-order chi connectivity index (χ1) is 8.70. The highest BCUT2D eigenvalue weighted by atomic mass is 35.5. The van der Waals surface area contributed by atoms with Gasteiger partial charge in [-0.1, -0.05) is 25.1 Å². The van der Waals surface area contributed by atoms with Crippen LogP contribution in [0.2, 0.25) is 0 Å². The van der Waals surface area contributed by atoms with Crippen molar-refractivity contribution in [1.29, 1.82) is 0 Å². The molecule has 1 fully saturated rings. The van der Waals surface area contributed by atoms with Gasteiger partial charge in [0.15, 0.2) is 0 Å². The molecule has 98 valence electrons. The Morgan fingerprint density at radius 3 is 2.61 bits per heavy atom. The van der Waals surface area contributed by atoms with Gasteiger partial charge in [0.2, 0.25) is 5.91 Å². The van der Waals surface area contributed by atoms with Crippen molar-refractivity contribution in [3.05, 3.63) is 29.8 Å². The van der Waals surface area contributed by atoms with E-state index in [0.29, 0.717) is 5.88 Å². The van der Waals surface area contributed by atoms with Crippen molar-refractivity contribution in [2.45, 2.75) is 38.5 Å². The lowest BCUT2D eigenvalue weighted by molar-refractivity contribution is -0.121. The van der Waals surface area contributed by atoms with Crippen LogP contribution in [-0.4, -0.2) is 5.91 Å². The van der Waals surface area contributed by atoms with Gasteiger partial charge in [0.1, 0.15) is 0 Å². The molecule has 1 aromatic carbocycles. The molecule has 1 aliphatic rings. The third-order valence-corrected chi connectivity index (χ3v) is 4.09. The average molecular weight is 266 g/mol. The molecule has 0 aromatic heterocycles. The van der Waals surface area contributed by atoms with Gasteiger partial charge in [-0.15, -0.1) is 11.6 Å². The van der Waals surface area contributed by atoms with E-state index in [1.54, 1.807) is 0 Å². The lowest BCUT2D eigenvalue weighted by atomic mass is 9.82. The number of alkyl halides is 1. The van der Waals surface area contributed by atoms with Crippen LogP contribution in [0, 0.1) is 11.8 Å². The summed E-state index contributed by atoms with van der Waals surface area (Å²) in [6.45, 7) is 2.26. The van der Waals surface area contributed by atoms with Gasteiger partial charge in [0.05, 0.1) is 0 Å². The molecule has 1 N–H and O–H groups in total. The molecule has 1 aromatic rings. The average Bonchev–Trinajstić information content (AvgIpc) is 2.40. The summed E-state index contributed by atoms with van der Waals surface area (Å²) in [4.78, 5) is 12.2. The van der Waals surface area contributed by atoms with Crippen molar-refractivity contribution in [3.63, 3.8) is 0 Å². The van der Waals surface area contributed by atoms with Crippen LogP contribution in [0.3, 0.4) is 0 Å². The summed E-state index contributed by atoms with van der Waals surface area (Å²) in [6, 6.07) is 7.73. The summed E-state index contributed by atoms with van der Waals surface area (Å²) in [6.07, 6.45) is 4.34. The van der Waals surface area contributed by atoms with Crippen molar-refractivity contribution in [2.75, 3.05) is 5.32 Å². The number of hydrogen-bond donors (Lipinski definition) is 1. The van der Waals surface area contributed by atoms with E-state index in [-0.39, 0.29) is 11.8 Å². The zero-order valence-corrected chi connectivity index (χ0v) is 11.5. The highest BCUT2D eigenvalue weighted by molar-refractivity contribution is 6.17. The largest absolute Gasteiger partial charge is 0.326 e. The maximum absolute atomic E-state index is 12.2. The van der Waals surface area contributed by atoms with Crippen LogP contribution >= 0.6 is 11.6 Å². The molecule has 0 spiro atoms. The molecule has 18 heavy (non-hydrogen) atoms. The van der Waals surface area contributed by atoms with Crippen molar-refractivity contribution < 1.29 is 4.79 Å². The quantitative estimate of drug-likeness (QED) is 0.816. The number of hydrogen-bond acceptors (Lipinski definition) is 1. The molecule has 1 saturated carbocycles. The Kier molecular flexibility index (Phi) is 4.65. The van der Waals surface area contributed by atoms with Gasteiger partial charge in [0.25, 0.3) is 0 Å². The SMILES string of the molecule is CC1CCC(C(=O)Nc2ccccc2CCl)CC1. The van der Waals surface area contributed by atoms with Crippen LogP contribution in [0.25, 0.3) is 0 Å². The van der Waals surface area contributed by atoms with Gasteiger partial charge < -0.3 is 5.32 Å². The normalized spacial score (nSPS) is 23.7. The zero-order chi connectivity index (χ0) is 13.0. The molecule has 0 radical (unpaired) electrons. The minimum absolute atomic E-state index is 0.152. The number of halogens is 1. The van der Waals surface area contributed by atoms with Crippen LogP contribution < -0.4 is 5.32 Å². The molecule has 2 rings (SSSR count). The summed E-state index contributed by atoms with van der Waals surface area (Å²) in [7, 11) is 0. The van der Waals surface area contributed by atoms with Gasteiger partial charge in [-0.3, -0.25) is 4.79 Å². The molecule has 0 aliphatic heterocycles. The van der Waals surface area contributed by atoms with E-state index in [4.69, 9.17) is 11.6 Å². The predicted molar refractivity (Wildman–Crippen MR) is 75.8 cm³/mol. The molecular formula is C15H20ClNO. The van der Waals surface area contributed by atoms with Crippen LogP contribution in [-0.2, 0) is 10.7 Å². The molecule has 0 atom stereocenters. The first-order valence-corrected chi connectivity index (χ1v) is 7.19. The predicted octanol–water partition coefficient (Wildman–Crippen LogP) is 4.19. The van der Waals surface area contributed by atoms with Crippen molar-refractivity contribution in [3.8, 4) is 0 Å². The monoisotopic (exact) mass is 265 g/mol. The lowest BCUT2D eigenvalue weighted by Gasteiger charge is -2.25. The first-order valence-electron chi connectivity index (χ1n) is 6.65. The molecule has 0 unspecified atom stereocenters. The van der Waals surface area contributed by atoms with Crippen molar-refractivity contribution in [2.24, 2.45) is 11.8 Å². The third kappa shape index (κ3) is 3.26. The second kappa shape index (κ2) is 6.24. The number of para-hydroxylation sites is 1. The number of benzene rings is 1. The van der Waals surface area contributed by atoms with E-state index in [1.165, 1.54) is 0 Å². The fourth-order valence-electron chi connectivity index (χ4n) is 2.52. The van der Waals surface area contributed by atoms with Crippen molar-refractivity contribution >= 4 is 23.2 Å². The maximum Gasteiger partial charge on any atom is 0.227 e. The minimum Gasteiger partial charge on any atom is -0.326 e. The van der Waals surface area contributed by atoms with Gasteiger partial charge in [-0.05, 0) is 43.2 Å². The minimum atomic E-state index is 0.152. The zero-order valence-electron chi connectivity index (χ0n) is 10.8. The summed E-state index contributed by atoms with van der Waals surface area (Å²) in [5.41, 5.74) is 1.84. The van der Waals surface area contributed by atoms with Gasteiger partial charge >= 0.3 is 0 Å². The summed E-state index contributed by atoms with van der Waals surface area (Å²) in [5.74, 6) is 1.52. The molecule has 0 saturated heterocycles. The number of anilines is 1. The first kappa shape index (κ1) is 13.4. The van der Waals surface area contributed by atoms with E-state index in [0.717, 1.165) is 42.9 Å². The van der Waals surface area contributed by atoms with E-state index < -0.39 is 0 Å². The Labute approximate surface area is 114 Å². The molecule has 0 bridgehead atoms. The smallest absolute Gasteiger partial charge is 0.227 e. The van der Waals surface area contributed by atoms with Gasteiger partial charge in [-0.25, -0.2) is 0 Å². The topological polar surface area (TPSA) is 29.1 Å². The Balaban J connectivity index is 1.98. The van der Waals surface area contributed by atoms with E-state index in [9.17, 15) is 4.79 Å².